The lowest BCUT2D eigenvalue weighted by atomic mass is 9.83. The number of anilines is 2. The van der Waals surface area contributed by atoms with Crippen LogP contribution in [-0.2, 0) is 9.53 Å². The number of carbonyl (C=O) groups excluding carboxylic acids is 3. The molecule has 7 nitrogen and oxygen atoms in total. The molecular formula is C30H38FN3O4. The molecule has 0 radical (unpaired) electrons. The molecule has 3 N–H and O–H groups in total. The highest BCUT2D eigenvalue weighted by atomic mass is 19.1. The molecule has 1 fully saturated rings. The summed E-state index contributed by atoms with van der Waals surface area (Å²) in [5, 5.41) is 8.20. The number of hydrogen-bond donors (Lipinski definition) is 3. The molecule has 3 rings (SSSR count). The van der Waals surface area contributed by atoms with Gasteiger partial charge in [0.2, 0.25) is 0 Å². The predicted octanol–water partition coefficient (Wildman–Crippen LogP) is 6.75. The zero-order valence-corrected chi connectivity index (χ0v) is 22.7. The number of amides is 3. The van der Waals surface area contributed by atoms with E-state index in [2.05, 4.69) is 35.0 Å². The first kappa shape index (κ1) is 28.9. The van der Waals surface area contributed by atoms with E-state index >= 15 is 0 Å². The van der Waals surface area contributed by atoms with Crippen molar-refractivity contribution in [1.29, 1.82) is 0 Å². The largest absolute Gasteiger partial charge is 0.467 e. The van der Waals surface area contributed by atoms with Crippen LogP contribution in [0.5, 0.6) is 0 Å². The zero-order chi connectivity index (χ0) is 27.7. The monoisotopic (exact) mass is 523 g/mol. The Kier molecular flexibility index (Phi) is 10.4. The molecule has 1 atom stereocenters. The zero-order valence-electron chi connectivity index (χ0n) is 22.7. The molecule has 204 valence electrons. The molecule has 0 aliphatic heterocycles. The van der Waals surface area contributed by atoms with Crippen LogP contribution in [-0.4, -0.2) is 31.1 Å². The lowest BCUT2D eigenvalue weighted by Crippen LogP contribution is -2.47. The number of nitrogens with one attached hydrogen (secondary N) is 3. The van der Waals surface area contributed by atoms with E-state index in [9.17, 15) is 18.8 Å². The van der Waals surface area contributed by atoms with Gasteiger partial charge in [0.15, 0.2) is 0 Å². The van der Waals surface area contributed by atoms with Gasteiger partial charge in [-0.05, 0) is 86.1 Å². The molecule has 0 unspecified atom stereocenters. The first-order valence-corrected chi connectivity index (χ1v) is 13.3. The Hall–Kier alpha value is -3.68. The Morgan fingerprint density at radius 2 is 1.74 bits per heavy atom. The molecule has 3 amide bonds. The molecule has 1 aliphatic carbocycles. The van der Waals surface area contributed by atoms with Crippen molar-refractivity contribution in [1.82, 2.24) is 5.32 Å². The fraction of sp³-hybridized carbons (Fsp3) is 0.433. The van der Waals surface area contributed by atoms with Gasteiger partial charge in [-0.1, -0.05) is 44.8 Å². The van der Waals surface area contributed by atoms with Gasteiger partial charge in [0.25, 0.3) is 5.91 Å². The average molecular weight is 524 g/mol. The molecule has 0 aromatic heterocycles. The summed E-state index contributed by atoms with van der Waals surface area (Å²) in [6, 6.07) is 6.07. The van der Waals surface area contributed by atoms with E-state index in [0.717, 1.165) is 73.8 Å². The van der Waals surface area contributed by atoms with Gasteiger partial charge in [0, 0.05) is 5.69 Å². The Morgan fingerprint density at radius 1 is 1.05 bits per heavy atom. The second kappa shape index (κ2) is 13.7. The van der Waals surface area contributed by atoms with E-state index in [4.69, 9.17) is 4.74 Å². The van der Waals surface area contributed by atoms with Crippen LogP contribution in [0.25, 0.3) is 6.08 Å². The van der Waals surface area contributed by atoms with Gasteiger partial charge in [-0.25, -0.2) is 14.0 Å². The number of hydrogen-bond acceptors (Lipinski definition) is 4. The molecule has 1 aliphatic rings. The van der Waals surface area contributed by atoms with Crippen LogP contribution in [0.3, 0.4) is 0 Å². The highest BCUT2D eigenvalue weighted by Gasteiger charge is 2.32. The van der Waals surface area contributed by atoms with Crippen molar-refractivity contribution in [3.05, 3.63) is 64.5 Å². The smallest absolute Gasteiger partial charge is 0.328 e. The lowest BCUT2D eigenvalue weighted by Gasteiger charge is -2.29. The summed E-state index contributed by atoms with van der Waals surface area (Å²) in [7, 11) is 1.29. The second-order valence-corrected chi connectivity index (χ2v) is 9.86. The van der Waals surface area contributed by atoms with Crippen LogP contribution in [0.4, 0.5) is 20.6 Å². The van der Waals surface area contributed by atoms with Crippen molar-refractivity contribution >= 4 is 35.4 Å². The molecule has 1 saturated carbocycles. The van der Waals surface area contributed by atoms with Gasteiger partial charge in [-0.2, -0.15) is 0 Å². The number of aryl methyl sites for hydroxylation is 2. The first-order valence-electron chi connectivity index (χ1n) is 13.3. The SMILES string of the molecule is CCC/C=C/c1cc(C)c(NC(=O)Nc2cc(F)ccc2C(=O)N[C@H](C(=O)OC)C2CCCCC2)c(C)c1. The van der Waals surface area contributed by atoms with Crippen LogP contribution >= 0.6 is 0 Å². The number of urea groups is 1. The molecule has 0 heterocycles. The highest BCUT2D eigenvalue weighted by Crippen LogP contribution is 2.28. The van der Waals surface area contributed by atoms with E-state index in [1.165, 1.54) is 13.2 Å². The predicted molar refractivity (Wildman–Crippen MR) is 149 cm³/mol. The number of allylic oxidation sites excluding steroid dienone is 1. The molecular weight excluding hydrogens is 485 g/mol. The number of ether oxygens (including phenoxy) is 1. The van der Waals surface area contributed by atoms with Crippen molar-refractivity contribution in [3.8, 4) is 0 Å². The minimum Gasteiger partial charge on any atom is -0.467 e. The first-order chi connectivity index (χ1) is 18.2. The fourth-order valence-corrected chi connectivity index (χ4v) is 4.94. The normalized spacial score (nSPS) is 14.7. The summed E-state index contributed by atoms with van der Waals surface area (Å²) in [4.78, 5) is 38.6. The summed E-state index contributed by atoms with van der Waals surface area (Å²) >= 11 is 0. The molecule has 38 heavy (non-hydrogen) atoms. The van der Waals surface area contributed by atoms with Gasteiger partial charge < -0.3 is 20.7 Å². The third-order valence-electron chi connectivity index (χ3n) is 6.90. The van der Waals surface area contributed by atoms with E-state index in [-0.39, 0.29) is 17.2 Å². The van der Waals surface area contributed by atoms with Crippen molar-refractivity contribution in [2.75, 3.05) is 17.7 Å². The summed E-state index contributed by atoms with van der Waals surface area (Å²) in [6.45, 7) is 5.92. The van der Waals surface area contributed by atoms with E-state index in [1.807, 2.05) is 26.0 Å². The maximum Gasteiger partial charge on any atom is 0.328 e. The maximum absolute atomic E-state index is 14.1. The summed E-state index contributed by atoms with van der Waals surface area (Å²) in [6.07, 6.45) is 10.9. The van der Waals surface area contributed by atoms with Gasteiger partial charge in [0.05, 0.1) is 18.4 Å². The molecule has 8 heteroatoms. The second-order valence-electron chi connectivity index (χ2n) is 9.86. The van der Waals surface area contributed by atoms with Gasteiger partial charge in [-0.15, -0.1) is 0 Å². The van der Waals surface area contributed by atoms with Crippen LogP contribution in [0, 0.1) is 25.6 Å². The molecule has 0 saturated heterocycles. The number of methoxy groups -OCH3 is 1. The number of benzene rings is 2. The van der Waals surface area contributed by atoms with Crippen molar-refractivity contribution in [3.63, 3.8) is 0 Å². The van der Waals surface area contributed by atoms with Gasteiger partial charge in [0.1, 0.15) is 11.9 Å². The number of esters is 1. The topological polar surface area (TPSA) is 96.5 Å². The van der Waals surface area contributed by atoms with Gasteiger partial charge in [-0.3, -0.25) is 4.79 Å². The molecule has 0 spiro atoms. The van der Waals surface area contributed by atoms with E-state index in [0.29, 0.717) is 5.69 Å². The summed E-state index contributed by atoms with van der Waals surface area (Å²) < 4.78 is 19.1. The number of unbranched alkanes of at least 4 members (excludes halogenated alkanes) is 1. The third-order valence-corrected chi connectivity index (χ3v) is 6.90. The number of rotatable bonds is 9. The van der Waals surface area contributed by atoms with Crippen LogP contribution in [0.2, 0.25) is 0 Å². The minimum absolute atomic E-state index is 0.00156. The molecule has 0 bridgehead atoms. The lowest BCUT2D eigenvalue weighted by molar-refractivity contribution is -0.144. The quantitative estimate of drug-likeness (QED) is 0.317. The van der Waals surface area contributed by atoms with Crippen LogP contribution in [0.15, 0.2) is 36.4 Å². The summed E-state index contributed by atoms with van der Waals surface area (Å²) in [5.74, 6) is -1.74. The van der Waals surface area contributed by atoms with Crippen molar-refractivity contribution < 1.29 is 23.5 Å². The fourth-order valence-electron chi connectivity index (χ4n) is 4.94. The Balaban J connectivity index is 1.77. The van der Waals surface area contributed by atoms with Crippen LogP contribution < -0.4 is 16.0 Å². The molecule has 2 aromatic rings. The van der Waals surface area contributed by atoms with Crippen molar-refractivity contribution in [2.45, 2.75) is 71.8 Å². The molecule has 2 aromatic carbocycles. The Morgan fingerprint density at radius 3 is 2.37 bits per heavy atom. The Bertz CT molecular complexity index is 1170. The maximum atomic E-state index is 14.1. The van der Waals surface area contributed by atoms with Crippen molar-refractivity contribution in [2.24, 2.45) is 5.92 Å². The van der Waals surface area contributed by atoms with E-state index < -0.39 is 29.8 Å². The van der Waals surface area contributed by atoms with Gasteiger partial charge >= 0.3 is 12.0 Å². The summed E-state index contributed by atoms with van der Waals surface area (Å²) in [5.41, 5.74) is 3.49. The Labute approximate surface area is 224 Å². The average Bonchev–Trinajstić information content (AvgIpc) is 2.89. The minimum atomic E-state index is -0.810. The van der Waals surface area contributed by atoms with Crippen LogP contribution in [0.1, 0.15) is 78.9 Å². The van der Waals surface area contributed by atoms with E-state index in [1.54, 1.807) is 0 Å². The number of halogens is 1. The standard InChI is InChI=1S/C30H38FN3O4/c1-5-6-8-11-21-16-19(2)26(20(3)17-21)34-30(37)32-25-18-23(31)14-15-24(25)28(35)33-27(29(36)38-4)22-12-9-7-10-13-22/h8,11,14-18,22,27H,5-7,9-10,12-13H2,1-4H3,(H,33,35)(H2,32,34,37)/b11-8+/t27-/m0/s1. The highest BCUT2D eigenvalue weighted by molar-refractivity contribution is 6.07. The number of carbonyl (C=O) groups is 3. The third kappa shape index (κ3) is 7.66.